The fraction of sp³-hybridized carbons (Fsp3) is 0.513. The summed E-state index contributed by atoms with van der Waals surface area (Å²) in [4.78, 5) is 50.3. The number of nitrogens with one attached hydrogen (secondary N) is 2. The van der Waals surface area contributed by atoms with E-state index in [1.54, 1.807) is 20.2 Å². The summed E-state index contributed by atoms with van der Waals surface area (Å²) in [5, 5.41) is 7.88. The van der Waals surface area contributed by atoms with Gasteiger partial charge in [-0.3, -0.25) is 19.6 Å². The Balaban J connectivity index is 1.47. The lowest BCUT2D eigenvalue weighted by molar-refractivity contribution is -0.155. The molecule has 0 aliphatic carbocycles. The van der Waals surface area contributed by atoms with E-state index in [0.29, 0.717) is 30.8 Å². The second-order valence-corrected chi connectivity index (χ2v) is 15.5. The molecule has 2 aliphatic rings. The van der Waals surface area contributed by atoms with Crippen molar-refractivity contribution in [3.63, 3.8) is 0 Å². The molecule has 4 aromatic rings. The lowest BCUT2D eigenvalue weighted by Crippen LogP contribution is -2.60. The van der Waals surface area contributed by atoms with Gasteiger partial charge in [0, 0.05) is 72.8 Å². The number of fused-ring (bicyclic) bond motifs is 6. The highest BCUT2D eigenvalue weighted by Crippen LogP contribution is 2.42. The van der Waals surface area contributed by atoms with Gasteiger partial charge in [0.1, 0.15) is 18.2 Å². The molecule has 2 amide bonds. The Labute approximate surface area is 314 Å². The van der Waals surface area contributed by atoms with Crippen molar-refractivity contribution in [3.8, 4) is 22.5 Å². The number of nitrogens with zero attached hydrogens (tertiary/aromatic N) is 4. The van der Waals surface area contributed by atoms with Gasteiger partial charge in [-0.1, -0.05) is 19.9 Å². The van der Waals surface area contributed by atoms with Crippen molar-refractivity contribution in [1.82, 2.24) is 30.3 Å². The van der Waals surface area contributed by atoms with Crippen molar-refractivity contribution in [2.75, 3.05) is 34.0 Å². The number of aryl methyl sites for hydroxylation is 1. The Hall–Kier alpha value is -4.37. The van der Waals surface area contributed by atoms with E-state index in [4.69, 9.17) is 28.9 Å². The Morgan fingerprint density at radius 2 is 2.02 bits per heavy atom. The third-order valence-electron chi connectivity index (χ3n) is 9.84. The van der Waals surface area contributed by atoms with Gasteiger partial charge in [0.15, 0.2) is 0 Å². The summed E-state index contributed by atoms with van der Waals surface area (Å²) < 4.78 is 24.7. The second kappa shape index (κ2) is 16.3. The Bertz CT molecular complexity index is 1960. The zero-order chi connectivity index (χ0) is 37.9. The fourth-order valence-corrected chi connectivity index (χ4v) is 8.04. The number of cyclic esters (lactones) is 1. The average Bonchev–Trinajstić information content (AvgIpc) is 3.74. The number of rotatable bonds is 8. The van der Waals surface area contributed by atoms with Crippen molar-refractivity contribution in [1.29, 1.82) is 0 Å². The normalized spacial score (nSPS) is 20.4. The summed E-state index contributed by atoms with van der Waals surface area (Å²) in [5.74, 6) is -0.824. The van der Waals surface area contributed by atoms with E-state index in [0.717, 1.165) is 51.2 Å². The predicted octanol–water partition coefficient (Wildman–Crippen LogP) is 5.85. The van der Waals surface area contributed by atoms with Gasteiger partial charge in [0.05, 0.1) is 41.4 Å². The van der Waals surface area contributed by atoms with Crippen LogP contribution in [-0.2, 0) is 47.9 Å². The Morgan fingerprint density at radius 3 is 2.77 bits per heavy atom. The topological polar surface area (TPSA) is 146 Å². The van der Waals surface area contributed by atoms with E-state index in [9.17, 15) is 14.4 Å². The highest BCUT2D eigenvalue weighted by Gasteiger charge is 2.36. The van der Waals surface area contributed by atoms with E-state index >= 15 is 0 Å². The standard InChI is InChI=1S/C39H50N6O7S/c1-8-44-32-14-13-25-17-27(32)28(35(44)26-11-9-15-40-34(26)24(3)50-7)19-39(4,5)22-51-37(47)29-12-10-16-45(43-29)36(46)30(18-33-41-31(25)21-53-33)42-38(48)52-23(2)20-49-6/h9,11,13-15,17,21,23-24,29-30,43H,8,10,12,16,18-20,22H2,1-7H3,(H,42,48)/t23-,24-,29-,30-/m0/s1. The monoisotopic (exact) mass is 746 g/mol. The molecule has 2 aliphatic heterocycles. The van der Waals surface area contributed by atoms with Crippen molar-refractivity contribution in [3.05, 3.63) is 58.2 Å². The second-order valence-electron chi connectivity index (χ2n) is 14.6. The van der Waals surface area contributed by atoms with Crippen LogP contribution in [0.15, 0.2) is 41.9 Å². The number of aromatic nitrogens is 3. The summed E-state index contributed by atoms with van der Waals surface area (Å²) in [7, 11) is 3.21. The van der Waals surface area contributed by atoms with E-state index in [1.165, 1.54) is 23.5 Å². The highest BCUT2D eigenvalue weighted by molar-refractivity contribution is 7.10. The number of ether oxygens (including phenoxy) is 4. The molecule has 1 saturated heterocycles. The lowest BCUT2D eigenvalue weighted by atomic mass is 9.84. The van der Waals surface area contributed by atoms with Gasteiger partial charge in [-0.05, 0) is 69.9 Å². The summed E-state index contributed by atoms with van der Waals surface area (Å²) in [6.07, 6.45) is 2.12. The molecule has 0 saturated carbocycles. The minimum atomic E-state index is -1.00. The number of amides is 2. The lowest BCUT2D eigenvalue weighted by Gasteiger charge is -2.35. The average molecular weight is 747 g/mol. The molecule has 6 bridgehead atoms. The molecular weight excluding hydrogens is 697 g/mol. The van der Waals surface area contributed by atoms with Crippen LogP contribution in [0.3, 0.4) is 0 Å². The molecule has 13 nitrogen and oxygen atoms in total. The first-order valence-electron chi connectivity index (χ1n) is 18.2. The molecule has 14 heteroatoms. The zero-order valence-corrected chi connectivity index (χ0v) is 32.4. The number of hydrogen-bond acceptors (Lipinski definition) is 11. The molecule has 0 unspecified atom stereocenters. The smallest absolute Gasteiger partial charge is 0.408 e. The van der Waals surface area contributed by atoms with Crippen molar-refractivity contribution >= 4 is 40.2 Å². The number of thiazole rings is 1. The first kappa shape index (κ1) is 38.4. The van der Waals surface area contributed by atoms with Crippen LogP contribution in [0.4, 0.5) is 4.79 Å². The molecule has 1 fully saturated rings. The van der Waals surface area contributed by atoms with Gasteiger partial charge in [-0.15, -0.1) is 11.3 Å². The van der Waals surface area contributed by atoms with Gasteiger partial charge < -0.3 is 28.8 Å². The largest absolute Gasteiger partial charge is 0.464 e. The maximum absolute atomic E-state index is 14.0. The molecule has 3 aromatic heterocycles. The predicted molar refractivity (Wildman–Crippen MR) is 202 cm³/mol. The number of esters is 1. The molecule has 284 valence electrons. The zero-order valence-electron chi connectivity index (χ0n) is 31.6. The van der Waals surface area contributed by atoms with Crippen LogP contribution in [0.5, 0.6) is 0 Å². The van der Waals surface area contributed by atoms with Crippen molar-refractivity contribution in [2.24, 2.45) is 5.41 Å². The van der Waals surface area contributed by atoms with E-state index < -0.39 is 41.6 Å². The minimum absolute atomic E-state index is 0.129. The Morgan fingerprint density at radius 1 is 1.21 bits per heavy atom. The number of benzene rings is 1. The van der Waals surface area contributed by atoms with Crippen LogP contribution in [-0.4, -0.2) is 89.7 Å². The minimum Gasteiger partial charge on any atom is -0.464 e. The molecule has 4 atom stereocenters. The highest BCUT2D eigenvalue weighted by atomic mass is 32.1. The first-order valence-corrected chi connectivity index (χ1v) is 19.1. The van der Waals surface area contributed by atoms with Gasteiger partial charge in [-0.2, -0.15) is 0 Å². The maximum Gasteiger partial charge on any atom is 0.408 e. The summed E-state index contributed by atoms with van der Waals surface area (Å²) in [6, 6.07) is 8.70. The van der Waals surface area contributed by atoms with E-state index in [2.05, 4.69) is 60.3 Å². The number of carbonyl (C=O) groups excluding carboxylic acids is 3. The number of carbonyl (C=O) groups is 3. The third-order valence-corrected chi connectivity index (χ3v) is 10.7. The van der Waals surface area contributed by atoms with Crippen LogP contribution in [0, 0.1) is 5.41 Å². The molecule has 0 radical (unpaired) electrons. The first-order chi connectivity index (χ1) is 25.4. The number of hydrazine groups is 1. The van der Waals surface area contributed by atoms with Crippen LogP contribution in [0.25, 0.3) is 33.4 Å². The van der Waals surface area contributed by atoms with Crippen LogP contribution >= 0.6 is 11.3 Å². The third kappa shape index (κ3) is 8.40. The number of alkyl carbamates (subject to hydrolysis) is 1. The molecule has 6 rings (SSSR count). The number of pyridine rings is 1. The molecule has 53 heavy (non-hydrogen) atoms. The molecule has 1 aromatic carbocycles. The van der Waals surface area contributed by atoms with Crippen LogP contribution in [0.2, 0.25) is 0 Å². The van der Waals surface area contributed by atoms with Crippen molar-refractivity contribution in [2.45, 2.75) is 91.1 Å². The quantitative estimate of drug-likeness (QED) is 0.211. The van der Waals surface area contributed by atoms with Crippen molar-refractivity contribution < 1.29 is 33.3 Å². The summed E-state index contributed by atoms with van der Waals surface area (Å²) in [6.45, 7) is 11.5. The van der Waals surface area contributed by atoms with Gasteiger partial charge in [0.25, 0.3) is 5.91 Å². The van der Waals surface area contributed by atoms with E-state index in [-0.39, 0.29) is 25.7 Å². The fourth-order valence-electron chi connectivity index (χ4n) is 7.19. The van der Waals surface area contributed by atoms with Crippen LogP contribution < -0.4 is 10.7 Å². The maximum atomic E-state index is 14.0. The summed E-state index contributed by atoms with van der Waals surface area (Å²) >= 11 is 1.42. The molecular formula is C39H50N6O7S. The summed E-state index contributed by atoms with van der Waals surface area (Å²) in [5.41, 5.74) is 9.41. The van der Waals surface area contributed by atoms with Gasteiger partial charge in [0.2, 0.25) is 0 Å². The Kier molecular flexibility index (Phi) is 11.8. The van der Waals surface area contributed by atoms with Crippen LogP contribution in [0.1, 0.15) is 69.8 Å². The van der Waals surface area contributed by atoms with Gasteiger partial charge in [-0.25, -0.2) is 15.2 Å². The van der Waals surface area contributed by atoms with Gasteiger partial charge >= 0.3 is 12.1 Å². The molecule has 0 spiro atoms. The number of methoxy groups -OCH3 is 2. The SMILES string of the molecule is CCn1c(-c2cccnc2[C@H](C)OC)c2c3cc(ccc31)-c1csc(n1)C[C@H](NC(=O)O[C@@H](C)COC)C(=O)N1CCC[C@H](N1)C(=O)OCC(C)(C)C2. The number of hydrogen-bond donors (Lipinski definition) is 2. The molecule has 5 heterocycles. The molecule has 2 N–H and O–H groups in total. The van der Waals surface area contributed by atoms with E-state index in [1.807, 2.05) is 18.4 Å².